The van der Waals surface area contributed by atoms with E-state index in [-0.39, 0.29) is 24.4 Å². The minimum absolute atomic E-state index is 0.0225. The zero-order chi connectivity index (χ0) is 29.7. The molecule has 0 bridgehead atoms. The Morgan fingerprint density at radius 2 is 1.63 bits per heavy atom. The van der Waals surface area contributed by atoms with Crippen LogP contribution in [0.4, 0.5) is 22.0 Å². The van der Waals surface area contributed by atoms with Crippen molar-refractivity contribution in [2.45, 2.75) is 44.4 Å². The topological polar surface area (TPSA) is 91.4 Å². The van der Waals surface area contributed by atoms with Gasteiger partial charge >= 0.3 is 12.3 Å². The Hall–Kier alpha value is -4.41. The lowest BCUT2D eigenvalue weighted by atomic mass is 9.75. The van der Waals surface area contributed by atoms with Crippen LogP contribution in [0.2, 0.25) is 0 Å². The molecule has 0 spiro atoms. The number of benzene rings is 3. The number of aromatic amines is 1. The number of carbonyl (C=O) groups excluding carboxylic acids is 1. The van der Waals surface area contributed by atoms with Gasteiger partial charge in [-0.3, -0.25) is 9.59 Å². The number of H-pyrrole nitrogens is 1. The molecular weight excluding hydrogens is 547 g/mol. The van der Waals surface area contributed by atoms with Crippen LogP contribution in [0.15, 0.2) is 66.9 Å². The number of hydrogen-bond acceptors (Lipinski definition) is 3. The van der Waals surface area contributed by atoms with Gasteiger partial charge in [-0.1, -0.05) is 37.6 Å². The Balaban J connectivity index is 1.76. The van der Waals surface area contributed by atoms with Crippen LogP contribution < -0.4 is 10.1 Å². The molecule has 4 aromatic rings. The number of alkyl halides is 3. The summed E-state index contributed by atoms with van der Waals surface area (Å²) in [6.07, 6.45) is -2.16. The summed E-state index contributed by atoms with van der Waals surface area (Å²) in [5.74, 6) is -4.68. The van der Waals surface area contributed by atoms with Gasteiger partial charge in [-0.2, -0.15) is 0 Å². The van der Waals surface area contributed by atoms with E-state index >= 15 is 0 Å². The number of carboxylic acids is 1. The second-order valence-corrected chi connectivity index (χ2v) is 9.54. The largest absolute Gasteiger partial charge is 0.573 e. The van der Waals surface area contributed by atoms with Crippen LogP contribution in [0.25, 0.3) is 10.9 Å². The highest BCUT2D eigenvalue weighted by atomic mass is 19.4. The zero-order valence-corrected chi connectivity index (χ0v) is 21.9. The van der Waals surface area contributed by atoms with Crippen molar-refractivity contribution in [3.8, 4) is 5.75 Å². The van der Waals surface area contributed by atoms with E-state index in [0.717, 1.165) is 18.1 Å². The third kappa shape index (κ3) is 7.03. The summed E-state index contributed by atoms with van der Waals surface area (Å²) in [6.45, 7) is 1.95. The van der Waals surface area contributed by atoms with Crippen molar-refractivity contribution in [2.24, 2.45) is 0 Å². The number of nitrogens with one attached hydrogen (secondary N) is 2. The van der Waals surface area contributed by atoms with E-state index in [1.54, 1.807) is 30.5 Å². The number of ether oxygens (including phenoxy) is 1. The lowest BCUT2D eigenvalue weighted by Crippen LogP contribution is -2.26. The third-order valence-corrected chi connectivity index (χ3v) is 6.81. The molecule has 2 atom stereocenters. The molecule has 0 aliphatic carbocycles. The molecule has 2 unspecified atom stereocenters. The second-order valence-electron chi connectivity index (χ2n) is 9.54. The van der Waals surface area contributed by atoms with Gasteiger partial charge in [0.05, 0.1) is 11.9 Å². The quantitative estimate of drug-likeness (QED) is 0.164. The molecule has 6 nitrogen and oxygen atoms in total. The number of hydrogen-bond donors (Lipinski definition) is 3. The van der Waals surface area contributed by atoms with Crippen molar-refractivity contribution in [3.05, 3.63) is 101 Å². The minimum atomic E-state index is -4.86. The highest BCUT2D eigenvalue weighted by Gasteiger charge is 2.32. The normalized spacial score (nSPS) is 13.1. The molecule has 1 aromatic heterocycles. The fourth-order valence-corrected chi connectivity index (χ4v) is 5.03. The Labute approximate surface area is 232 Å². The van der Waals surface area contributed by atoms with Crippen molar-refractivity contribution >= 4 is 22.8 Å². The van der Waals surface area contributed by atoms with Gasteiger partial charge in [-0.25, -0.2) is 8.78 Å². The second kappa shape index (κ2) is 12.4. The van der Waals surface area contributed by atoms with Crippen molar-refractivity contribution in [2.75, 3.05) is 6.54 Å². The van der Waals surface area contributed by atoms with E-state index in [9.17, 15) is 31.5 Å². The molecule has 1 amide bonds. The van der Waals surface area contributed by atoms with E-state index in [1.807, 2.05) is 6.92 Å². The van der Waals surface area contributed by atoms with E-state index in [2.05, 4.69) is 15.0 Å². The van der Waals surface area contributed by atoms with Gasteiger partial charge in [0, 0.05) is 29.6 Å². The number of fused-ring (bicyclic) bond motifs is 1. The Morgan fingerprint density at radius 1 is 0.976 bits per heavy atom. The fourth-order valence-electron chi connectivity index (χ4n) is 5.03. The maximum Gasteiger partial charge on any atom is 0.573 e. The number of halogens is 5. The van der Waals surface area contributed by atoms with Crippen LogP contribution in [0.3, 0.4) is 0 Å². The van der Waals surface area contributed by atoms with Crippen molar-refractivity contribution < 1.29 is 41.4 Å². The molecule has 3 N–H and O–H groups in total. The molecule has 0 fully saturated rings. The standard InChI is InChI=1S/C30H27F5N2O4/c1-2-3-21(17-4-6-19(7-5-17)29(40)36-15-14-25(38)39)26(18-8-10-20(11-9-18)41-30(33,34)35)23-16-37-28-22(23)12-13-24(31)27(28)32/h4-13,16,21,26,37H,2-3,14-15H2,1H3,(H,36,40)(H,38,39). The molecule has 41 heavy (non-hydrogen) atoms. The molecule has 3 aromatic carbocycles. The van der Waals surface area contributed by atoms with Gasteiger partial charge in [-0.05, 0) is 65.4 Å². The summed E-state index contributed by atoms with van der Waals surface area (Å²) < 4.78 is 70.9. The first kappa shape index (κ1) is 29.6. The van der Waals surface area contributed by atoms with Gasteiger partial charge in [0.15, 0.2) is 11.6 Å². The van der Waals surface area contributed by atoms with Crippen molar-refractivity contribution in [1.29, 1.82) is 0 Å². The average Bonchev–Trinajstić information content (AvgIpc) is 3.35. The number of carbonyl (C=O) groups is 2. The number of carboxylic acid groups (broad SMARTS) is 1. The van der Waals surface area contributed by atoms with Crippen LogP contribution in [0.5, 0.6) is 5.75 Å². The van der Waals surface area contributed by atoms with Crippen LogP contribution in [0.1, 0.15) is 65.1 Å². The third-order valence-electron chi connectivity index (χ3n) is 6.81. The van der Waals surface area contributed by atoms with E-state index in [1.165, 1.54) is 30.3 Å². The van der Waals surface area contributed by atoms with Crippen LogP contribution in [-0.2, 0) is 4.79 Å². The molecule has 0 aliphatic heterocycles. The van der Waals surface area contributed by atoms with Gasteiger partial charge in [0.25, 0.3) is 5.91 Å². The van der Waals surface area contributed by atoms with Crippen molar-refractivity contribution in [3.63, 3.8) is 0 Å². The van der Waals surface area contributed by atoms with Crippen molar-refractivity contribution in [1.82, 2.24) is 10.3 Å². The molecule has 0 aliphatic rings. The van der Waals surface area contributed by atoms with E-state index in [0.29, 0.717) is 28.5 Å². The average molecular weight is 575 g/mol. The first-order valence-corrected chi connectivity index (χ1v) is 12.9. The van der Waals surface area contributed by atoms with E-state index < -0.39 is 41.5 Å². The molecule has 0 saturated carbocycles. The fraction of sp³-hybridized carbons (Fsp3) is 0.267. The summed E-state index contributed by atoms with van der Waals surface area (Å²) >= 11 is 0. The molecule has 0 radical (unpaired) electrons. The van der Waals surface area contributed by atoms with Crippen LogP contribution in [0, 0.1) is 11.6 Å². The summed E-state index contributed by atoms with van der Waals surface area (Å²) in [6, 6.07) is 14.7. The number of aliphatic carboxylic acids is 1. The monoisotopic (exact) mass is 574 g/mol. The number of aromatic nitrogens is 1. The Bertz CT molecular complexity index is 1520. The highest BCUT2D eigenvalue weighted by Crippen LogP contribution is 2.44. The summed E-state index contributed by atoms with van der Waals surface area (Å²) in [5, 5.41) is 11.8. The number of rotatable bonds is 11. The maximum atomic E-state index is 14.6. The molecular formula is C30H27F5N2O4. The first-order chi connectivity index (χ1) is 19.5. The van der Waals surface area contributed by atoms with Crippen LogP contribution in [-0.4, -0.2) is 34.9 Å². The molecule has 11 heteroatoms. The minimum Gasteiger partial charge on any atom is -0.481 e. The summed E-state index contributed by atoms with van der Waals surface area (Å²) in [5.41, 5.74) is 2.36. The highest BCUT2D eigenvalue weighted by molar-refractivity contribution is 5.94. The Morgan fingerprint density at radius 3 is 2.24 bits per heavy atom. The lowest BCUT2D eigenvalue weighted by Gasteiger charge is -2.28. The Kier molecular flexibility index (Phi) is 8.95. The lowest BCUT2D eigenvalue weighted by molar-refractivity contribution is -0.274. The van der Waals surface area contributed by atoms with Gasteiger partial charge in [-0.15, -0.1) is 13.2 Å². The van der Waals surface area contributed by atoms with E-state index in [4.69, 9.17) is 5.11 Å². The van der Waals surface area contributed by atoms with Gasteiger partial charge < -0.3 is 20.1 Å². The number of amides is 1. The van der Waals surface area contributed by atoms with Gasteiger partial charge in [0.2, 0.25) is 0 Å². The maximum absolute atomic E-state index is 14.6. The summed E-state index contributed by atoms with van der Waals surface area (Å²) in [4.78, 5) is 26.0. The van der Waals surface area contributed by atoms with Crippen LogP contribution >= 0.6 is 0 Å². The predicted molar refractivity (Wildman–Crippen MR) is 142 cm³/mol. The molecule has 216 valence electrons. The smallest absolute Gasteiger partial charge is 0.481 e. The zero-order valence-electron chi connectivity index (χ0n) is 21.9. The molecule has 0 saturated heterocycles. The summed E-state index contributed by atoms with van der Waals surface area (Å²) in [7, 11) is 0. The molecule has 4 rings (SSSR count). The molecule has 1 heterocycles. The van der Waals surface area contributed by atoms with Gasteiger partial charge in [0.1, 0.15) is 5.75 Å². The first-order valence-electron chi connectivity index (χ1n) is 12.9. The predicted octanol–water partition coefficient (Wildman–Crippen LogP) is 7.27. The SMILES string of the molecule is CCCC(c1ccc(C(=O)NCCC(=O)O)cc1)C(c1ccc(OC(F)(F)F)cc1)c1c[nH]c2c(F)c(F)ccc12.